The fourth-order valence-corrected chi connectivity index (χ4v) is 0.986. The Hall–Kier alpha value is -1.09. The first kappa shape index (κ1) is 9.00. The topological polar surface area (TPSA) is 31.2 Å². The summed E-state index contributed by atoms with van der Waals surface area (Å²) < 4.78 is 6.86. The van der Waals surface area contributed by atoms with Gasteiger partial charge in [-0.15, -0.1) is 0 Å². The molecule has 0 saturated carbocycles. The van der Waals surface area contributed by atoms with Crippen LogP contribution < -0.4 is 5.43 Å². The molecule has 0 fully saturated rings. The molecule has 0 spiro atoms. The van der Waals surface area contributed by atoms with E-state index in [1.165, 1.54) is 0 Å². The lowest BCUT2D eigenvalue weighted by Gasteiger charge is -2.05. The van der Waals surface area contributed by atoms with Crippen molar-refractivity contribution in [3.05, 3.63) is 34.2 Å². The van der Waals surface area contributed by atoms with Gasteiger partial charge in [0, 0.05) is 37.7 Å². The molecule has 0 amide bonds. The van der Waals surface area contributed by atoms with E-state index in [9.17, 15) is 4.79 Å². The van der Waals surface area contributed by atoms with Gasteiger partial charge in [0.15, 0.2) is 5.43 Å². The van der Waals surface area contributed by atoms with E-state index in [0.29, 0.717) is 6.61 Å². The van der Waals surface area contributed by atoms with Gasteiger partial charge in [-0.05, 0) is 6.92 Å². The summed E-state index contributed by atoms with van der Waals surface area (Å²) >= 11 is 0. The van der Waals surface area contributed by atoms with E-state index in [-0.39, 0.29) is 5.43 Å². The van der Waals surface area contributed by atoms with Gasteiger partial charge in [-0.25, -0.2) is 0 Å². The minimum absolute atomic E-state index is 0.0867. The number of hydrogen-bond acceptors (Lipinski definition) is 2. The molecule has 3 heteroatoms. The number of rotatable bonds is 3. The first-order valence-electron chi connectivity index (χ1n) is 3.89. The van der Waals surface area contributed by atoms with Gasteiger partial charge in [-0.1, -0.05) is 0 Å². The van der Waals surface area contributed by atoms with Crippen LogP contribution in [0.4, 0.5) is 0 Å². The normalized spacial score (nSPS) is 10.2. The maximum atomic E-state index is 11.0. The third-order valence-corrected chi connectivity index (χ3v) is 1.72. The molecule has 12 heavy (non-hydrogen) atoms. The summed E-state index contributed by atoms with van der Waals surface area (Å²) in [6, 6.07) is 1.57. The average Bonchev–Trinajstić information content (AvgIpc) is 2.07. The van der Waals surface area contributed by atoms with Crippen LogP contribution >= 0.6 is 0 Å². The second kappa shape index (κ2) is 4.07. The highest BCUT2D eigenvalue weighted by Gasteiger charge is 1.93. The molecule has 3 nitrogen and oxygen atoms in total. The Balaban J connectivity index is 2.75. The number of aromatic nitrogens is 1. The van der Waals surface area contributed by atoms with Crippen molar-refractivity contribution < 1.29 is 4.74 Å². The molecule has 0 bridgehead atoms. The predicted octanol–water partition coefficient (Wildman–Crippen LogP) is 0.803. The van der Waals surface area contributed by atoms with Crippen molar-refractivity contribution in [2.75, 3.05) is 13.7 Å². The molecule has 0 unspecified atom stereocenters. The van der Waals surface area contributed by atoms with Gasteiger partial charge in [0.1, 0.15) is 0 Å². The van der Waals surface area contributed by atoms with Crippen LogP contribution in [-0.4, -0.2) is 18.3 Å². The maximum Gasteiger partial charge on any atom is 0.184 e. The van der Waals surface area contributed by atoms with Crippen LogP contribution in [-0.2, 0) is 11.3 Å². The number of ether oxygens (including phenoxy) is 1. The zero-order valence-corrected chi connectivity index (χ0v) is 7.41. The summed E-state index contributed by atoms with van der Waals surface area (Å²) in [6.45, 7) is 3.27. The number of nitrogens with zero attached hydrogens (tertiary/aromatic N) is 1. The second-order valence-corrected chi connectivity index (χ2v) is 2.72. The third-order valence-electron chi connectivity index (χ3n) is 1.72. The minimum Gasteiger partial charge on any atom is -0.383 e. The third kappa shape index (κ3) is 2.20. The first-order valence-corrected chi connectivity index (χ1v) is 3.89. The Kier molecular flexibility index (Phi) is 3.05. The van der Waals surface area contributed by atoms with Crippen molar-refractivity contribution in [1.82, 2.24) is 4.57 Å². The molecule has 66 valence electrons. The molecule has 0 aliphatic heterocycles. The molecule has 0 N–H and O–H groups in total. The predicted molar refractivity (Wildman–Crippen MR) is 47.3 cm³/mol. The highest BCUT2D eigenvalue weighted by Crippen LogP contribution is 1.90. The van der Waals surface area contributed by atoms with Crippen LogP contribution in [0.5, 0.6) is 0 Å². The monoisotopic (exact) mass is 167 g/mol. The quantitative estimate of drug-likeness (QED) is 0.667. The summed E-state index contributed by atoms with van der Waals surface area (Å²) in [6.07, 6.45) is 3.61. The number of pyridine rings is 1. The molecular weight excluding hydrogens is 154 g/mol. The summed E-state index contributed by atoms with van der Waals surface area (Å²) in [5.41, 5.74) is 0.859. The lowest BCUT2D eigenvalue weighted by atomic mass is 10.3. The number of aryl methyl sites for hydroxylation is 1. The lowest BCUT2D eigenvalue weighted by Crippen LogP contribution is -2.10. The molecule has 0 aromatic carbocycles. The first-order chi connectivity index (χ1) is 5.74. The van der Waals surface area contributed by atoms with E-state index in [0.717, 1.165) is 12.1 Å². The fraction of sp³-hybridized carbons (Fsp3) is 0.444. The van der Waals surface area contributed by atoms with Crippen LogP contribution in [0.3, 0.4) is 0 Å². The van der Waals surface area contributed by atoms with E-state index >= 15 is 0 Å². The highest BCUT2D eigenvalue weighted by atomic mass is 16.5. The van der Waals surface area contributed by atoms with Crippen molar-refractivity contribution >= 4 is 0 Å². The Bertz CT molecular complexity index is 304. The fourth-order valence-electron chi connectivity index (χ4n) is 0.986. The van der Waals surface area contributed by atoms with Gasteiger partial charge < -0.3 is 9.30 Å². The van der Waals surface area contributed by atoms with Gasteiger partial charge in [0.2, 0.25) is 0 Å². The van der Waals surface area contributed by atoms with Crippen molar-refractivity contribution in [1.29, 1.82) is 0 Å². The van der Waals surface area contributed by atoms with Crippen LogP contribution in [0, 0.1) is 6.92 Å². The van der Waals surface area contributed by atoms with Crippen molar-refractivity contribution in [3.63, 3.8) is 0 Å². The second-order valence-electron chi connectivity index (χ2n) is 2.72. The van der Waals surface area contributed by atoms with Gasteiger partial charge in [0.25, 0.3) is 0 Å². The maximum absolute atomic E-state index is 11.0. The Morgan fingerprint density at radius 2 is 2.33 bits per heavy atom. The van der Waals surface area contributed by atoms with E-state index in [1.807, 2.05) is 17.7 Å². The van der Waals surface area contributed by atoms with Crippen LogP contribution in [0.25, 0.3) is 0 Å². The molecule has 1 heterocycles. The Labute approximate surface area is 71.6 Å². The molecule has 1 aromatic heterocycles. The summed E-state index contributed by atoms with van der Waals surface area (Å²) in [4.78, 5) is 11.0. The molecule has 0 radical (unpaired) electrons. The van der Waals surface area contributed by atoms with Crippen LogP contribution in [0.1, 0.15) is 5.56 Å². The number of methoxy groups -OCH3 is 1. The van der Waals surface area contributed by atoms with Gasteiger partial charge in [-0.3, -0.25) is 4.79 Å². The smallest absolute Gasteiger partial charge is 0.184 e. The molecule has 0 aliphatic rings. The van der Waals surface area contributed by atoms with E-state index in [4.69, 9.17) is 4.74 Å². The van der Waals surface area contributed by atoms with Gasteiger partial charge in [0.05, 0.1) is 6.61 Å². The van der Waals surface area contributed by atoms with Gasteiger partial charge >= 0.3 is 0 Å². The van der Waals surface area contributed by atoms with E-state index in [1.54, 1.807) is 19.4 Å². The summed E-state index contributed by atoms with van der Waals surface area (Å²) in [7, 11) is 1.66. The largest absolute Gasteiger partial charge is 0.383 e. The van der Waals surface area contributed by atoms with Crippen molar-refractivity contribution in [3.8, 4) is 0 Å². The average molecular weight is 167 g/mol. The SMILES string of the molecule is COCCn1ccc(=O)c(C)c1. The van der Waals surface area contributed by atoms with Crippen LogP contribution in [0.15, 0.2) is 23.3 Å². The van der Waals surface area contributed by atoms with Crippen molar-refractivity contribution in [2.45, 2.75) is 13.5 Å². The molecule has 1 aromatic rings. The van der Waals surface area contributed by atoms with E-state index in [2.05, 4.69) is 0 Å². The molecule has 1 rings (SSSR count). The van der Waals surface area contributed by atoms with Crippen molar-refractivity contribution in [2.24, 2.45) is 0 Å². The lowest BCUT2D eigenvalue weighted by molar-refractivity contribution is 0.187. The standard InChI is InChI=1S/C9H13NO2/c1-8-7-10(5-6-12-2)4-3-9(8)11/h3-4,7H,5-6H2,1-2H3. The Morgan fingerprint density at radius 1 is 1.58 bits per heavy atom. The van der Waals surface area contributed by atoms with E-state index < -0.39 is 0 Å². The van der Waals surface area contributed by atoms with Gasteiger partial charge in [-0.2, -0.15) is 0 Å². The summed E-state index contributed by atoms with van der Waals surface area (Å²) in [5.74, 6) is 0. The molecule has 0 atom stereocenters. The Morgan fingerprint density at radius 3 is 2.92 bits per heavy atom. The van der Waals surface area contributed by atoms with Crippen LogP contribution in [0.2, 0.25) is 0 Å². The minimum atomic E-state index is 0.0867. The number of hydrogen-bond donors (Lipinski definition) is 0. The molecule has 0 aliphatic carbocycles. The zero-order valence-electron chi connectivity index (χ0n) is 7.41. The molecular formula is C9H13NO2. The highest BCUT2D eigenvalue weighted by molar-refractivity contribution is 5.07. The summed E-state index contributed by atoms with van der Waals surface area (Å²) in [5, 5.41) is 0. The zero-order chi connectivity index (χ0) is 8.97. The molecule has 0 saturated heterocycles.